The summed E-state index contributed by atoms with van der Waals surface area (Å²) >= 11 is 0. The molecule has 3 aromatic rings. The topological polar surface area (TPSA) is 81.8 Å². The summed E-state index contributed by atoms with van der Waals surface area (Å²) in [4.78, 5) is 29.3. The molecule has 28 heavy (non-hydrogen) atoms. The molecule has 0 aliphatic heterocycles. The van der Waals surface area contributed by atoms with Gasteiger partial charge in [-0.05, 0) is 30.9 Å². The van der Waals surface area contributed by atoms with Gasteiger partial charge in [-0.25, -0.2) is 9.67 Å². The number of hydrogen-bond donors (Lipinski definition) is 1. The van der Waals surface area contributed by atoms with Gasteiger partial charge in [-0.3, -0.25) is 14.2 Å². The summed E-state index contributed by atoms with van der Waals surface area (Å²) in [6.45, 7) is 7.47. The Bertz CT molecular complexity index is 1020. The molecule has 7 heteroatoms. The van der Waals surface area contributed by atoms with Crippen molar-refractivity contribution in [3.63, 3.8) is 0 Å². The van der Waals surface area contributed by atoms with E-state index in [0.29, 0.717) is 30.7 Å². The number of amides is 1. The minimum atomic E-state index is -0.111. The van der Waals surface area contributed by atoms with Crippen LogP contribution < -0.4 is 10.9 Å². The van der Waals surface area contributed by atoms with Crippen LogP contribution in [0.2, 0.25) is 0 Å². The van der Waals surface area contributed by atoms with E-state index < -0.39 is 0 Å². The van der Waals surface area contributed by atoms with Gasteiger partial charge in [0.2, 0.25) is 5.91 Å². The molecule has 0 unspecified atom stereocenters. The van der Waals surface area contributed by atoms with Crippen LogP contribution in [0.4, 0.5) is 0 Å². The maximum Gasteiger partial charge on any atom is 0.264 e. The van der Waals surface area contributed by atoms with Crippen LogP contribution in [-0.4, -0.2) is 31.8 Å². The Hall–Kier alpha value is -2.96. The lowest BCUT2D eigenvalue weighted by atomic mass is 10.0. The van der Waals surface area contributed by atoms with E-state index in [-0.39, 0.29) is 17.4 Å². The normalized spacial score (nSPS) is 11.3. The number of nitrogens with zero attached hydrogens (tertiary/aromatic N) is 4. The molecule has 0 saturated carbocycles. The van der Waals surface area contributed by atoms with Crippen molar-refractivity contribution in [3.8, 4) is 0 Å². The quantitative estimate of drug-likeness (QED) is 0.650. The Morgan fingerprint density at radius 2 is 1.96 bits per heavy atom. The number of aryl methyl sites for hydroxylation is 1. The molecule has 0 aliphatic carbocycles. The van der Waals surface area contributed by atoms with Crippen molar-refractivity contribution in [2.24, 2.45) is 5.92 Å². The fraction of sp³-hybridized carbons (Fsp3) is 0.429. The molecule has 0 saturated heterocycles. The number of rotatable bonds is 8. The van der Waals surface area contributed by atoms with Crippen molar-refractivity contribution >= 4 is 16.9 Å². The van der Waals surface area contributed by atoms with Crippen LogP contribution in [0.25, 0.3) is 11.0 Å². The van der Waals surface area contributed by atoms with Crippen LogP contribution in [0, 0.1) is 12.8 Å². The summed E-state index contributed by atoms with van der Waals surface area (Å²) < 4.78 is 3.27. The minimum absolute atomic E-state index is 0.0427. The van der Waals surface area contributed by atoms with Crippen LogP contribution in [-0.2, 0) is 17.9 Å². The van der Waals surface area contributed by atoms with Gasteiger partial charge < -0.3 is 5.32 Å². The number of benzene rings is 1. The van der Waals surface area contributed by atoms with E-state index in [4.69, 9.17) is 0 Å². The summed E-state index contributed by atoms with van der Waals surface area (Å²) in [6, 6.07) is 7.99. The zero-order chi connectivity index (χ0) is 20.1. The van der Waals surface area contributed by atoms with Crippen molar-refractivity contribution in [1.82, 2.24) is 24.6 Å². The summed E-state index contributed by atoms with van der Waals surface area (Å²) in [5.74, 6) is 0.108. The monoisotopic (exact) mass is 381 g/mol. The first-order chi connectivity index (χ1) is 13.5. The number of hydrogen-bond acceptors (Lipinski definition) is 4. The third kappa shape index (κ3) is 4.13. The fourth-order valence-electron chi connectivity index (χ4n) is 3.33. The average Bonchev–Trinajstić information content (AvgIpc) is 3.10. The van der Waals surface area contributed by atoms with Gasteiger partial charge in [-0.2, -0.15) is 5.10 Å². The molecule has 7 nitrogen and oxygen atoms in total. The molecule has 1 N–H and O–H groups in total. The molecule has 2 heterocycles. The SMILES string of the molecule is CCC(CC)C(=O)NCCn1ncc2c(=O)n(Cc3ccccc3C)cnc21. The Balaban J connectivity index is 1.73. The molecule has 0 spiro atoms. The van der Waals surface area contributed by atoms with Gasteiger partial charge in [0.25, 0.3) is 5.56 Å². The van der Waals surface area contributed by atoms with E-state index in [1.165, 1.54) is 0 Å². The Morgan fingerprint density at radius 1 is 1.21 bits per heavy atom. The maximum absolute atomic E-state index is 12.8. The number of nitrogens with one attached hydrogen (secondary N) is 1. The molecule has 148 valence electrons. The third-order valence-electron chi connectivity index (χ3n) is 5.20. The van der Waals surface area contributed by atoms with Crippen molar-refractivity contribution < 1.29 is 4.79 Å². The summed E-state index contributed by atoms with van der Waals surface area (Å²) in [6.07, 6.45) is 4.78. The van der Waals surface area contributed by atoms with Crippen molar-refractivity contribution in [2.75, 3.05) is 6.54 Å². The Morgan fingerprint density at radius 3 is 2.68 bits per heavy atom. The zero-order valence-electron chi connectivity index (χ0n) is 16.7. The Kier molecular flexibility index (Phi) is 6.23. The largest absolute Gasteiger partial charge is 0.354 e. The van der Waals surface area contributed by atoms with Gasteiger partial charge in [-0.1, -0.05) is 38.1 Å². The van der Waals surface area contributed by atoms with E-state index in [1.807, 2.05) is 45.0 Å². The second-order valence-electron chi connectivity index (χ2n) is 7.01. The maximum atomic E-state index is 12.8. The molecule has 2 aromatic heterocycles. The predicted octanol–water partition coefficient (Wildman–Crippen LogP) is 2.50. The highest BCUT2D eigenvalue weighted by Crippen LogP contribution is 2.10. The number of aromatic nitrogens is 4. The average molecular weight is 381 g/mol. The van der Waals surface area contributed by atoms with Crippen LogP contribution in [0.3, 0.4) is 0 Å². The van der Waals surface area contributed by atoms with Gasteiger partial charge in [0.15, 0.2) is 5.65 Å². The lowest BCUT2D eigenvalue weighted by molar-refractivity contribution is -0.125. The number of carbonyl (C=O) groups is 1. The van der Waals surface area contributed by atoms with E-state index in [2.05, 4.69) is 15.4 Å². The lowest BCUT2D eigenvalue weighted by Crippen LogP contribution is -2.32. The molecule has 0 aliphatic rings. The van der Waals surface area contributed by atoms with Gasteiger partial charge in [-0.15, -0.1) is 0 Å². The van der Waals surface area contributed by atoms with Crippen LogP contribution in [0.1, 0.15) is 37.8 Å². The molecule has 3 rings (SSSR count). The van der Waals surface area contributed by atoms with E-state index in [1.54, 1.807) is 21.8 Å². The highest BCUT2D eigenvalue weighted by molar-refractivity contribution is 5.78. The van der Waals surface area contributed by atoms with E-state index in [9.17, 15) is 9.59 Å². The van der Waals surface area contributed by atoms with Crippen molar-refractivity contribution in [3.05, 3.63) is 58.3 Å². The number of fused-ring (bicyclic) bond motifs is 1. The Labute approximate surface area is 164 Å². The predicted molar refractivity (Wildman–Crippen MR) is 109 cm³/mol. The molecule has 0 radical (unpaired) electrons. The second kappa shape index (κ2) is 8.82. The van der Waals surface area contributed by atoms with Gasteiger partial charge in [0.05, 0.1) is 19.3 Å². The van der Waals surface area contributed by atoms with Crippen LogP contribution >= 0.6 is 0 Å². The lowest BCUT2D eigenvalue weighted by Gasteiger charge is -2.12. The van der Waals surface area contributed by atoms with Gasteiger partial charge in [0, 0.05) is 12.5 Å². The smallest absolute Gasteiger partial charge is 0.264 e. The number of carbonyl (C=O) groups excluding carboxylic acids is 1. The highest BCUT2D eigenvalue weighted by atomic mass is 16.2. The standard InChI is InChI=1S/C21H27N5O2/c1-4-16(5-2)20(27)22-10-11-26-19-18(12-24-26)21(28)25(14-23-19)13-17-9-7-6-8-15(17)3/h6-9,12,14,16H,4-5,10-11,13H2,1-3H3,(H,22,27). The van der Waals surface area contributed by atoms with E-state index >= 15 is 0 Å². The van der Waals surface area contributed by atoms with Gasteiger partial charge >= 0.3 is 0 Å². The molecule has 0 atom stereocenters. The fourth-order valence-corrected chi connectivity index (χ4v) is 3.33. The summed E-state index contributed by atoms with van der Waals surface area (Å²) in [7, 11) is 0. The molecule has 1 aromatic carbocycles. The van der Waals surface area contributed by atoms with Gasteiger partial charge in [0.1, 0.15) is 11.7 Å². The molecular weight excluding hydrogens is 354 g/mol. The molecule has 0 fully saturated rings. The third-order valence-corrected chi connectivity index (χ3v) is 5.20. The molecule has 1 amide bonds. The second-order valence-corrected chi connectivity index (χ2v) is 7.01. The van der Waals surface area contributed by atoms with Crippen molar-refractivity contribution in [2.45, 2.75) is 46.7 Å². The molecular formula is C21H27N5O2. The first-order valence-electron chi connectivity index (χ1n) is 9.78. The van der Waals surface area contributed by atoms with Crippen LogP contribution in [0.5, 0.6) is 0 Å². The molecule has 0 bridgehead atoms. The first kappa shape index (κ1) is 19.8. The minimum Gasteiger partial charge on any atom is -0.354 e. The van der Waals surface area contributed by atoms with Crippen LogP contribution in [0.15, 0.2) is 41.6 Å². The first-order valence-corrected chi connectivity index (χ1v) is 9.78. The van der Waals surface area contributed by atoms with Crippen molar-refractivity contribution in [1.29, 1.82) is 0 Å². The summed E-state index contributed by atoms with van der Waals surface area (Å²) in [5, 5.41) is 7.72. The highest BCUT2D eigenvalue weighted by Gasteiger charge is 2.14. The summed E-state index contributed by atoms with van der Waals surface area (Å²) in [5.41, 5.74) is 2.66. The van der Waals surface area contributed by atoms with E-state index in [0.717, 1.165) is 24.0 Å². The zero-order valence-corrected chi connectivity index (χ0v) is 16.7.